The van der Waals surface area contributed by atoms with Crippen LogP contribution in [0.25, 0.3) is 0 Å². The molecule has 0 aliphatic carbocycles. The Morgan fingerprint density at radius 1 is 1.00 bits per heavy atom. The van der Waals surface area contributed by atoms with E-state index in [0.29, 0.717) is 0 Å². The molecule has 8 heteroatoms. The van der Waals surface area contributed by atoms with Crippen LogP contribution in [0.15, 0.2) is 0 Å². The van der Waals surface area contributed by atoms with Gasteiger partial charge in [-0.25, -0.2) is 0 Å². The van der Waals surface area contributed by atoms with Gasteiger partial charge in [-0.3, -0.25) is 0 Å². The molecule has 0 heterocycles. The lowest BCUT2D eigenvalue weighted by molar-refractivity contribution is -0.379. The molecule has 0 aromatic heterocycles. The molecule has 0 radical (unpaired) electrons. The Labute approximate surface area is 81.9 Å². The number of aliphatic hydroxyl groups is 1. The van der Waals surface area contributed by atoms with E-state index in [2.05, 4.69) is 0 Å². The first-order valence-electron chi connectivity index (χ1n) is 3.56. The number of alkyl halides is 6. The predicted molar refractivity (Wildman–Crippen MR) is 39.1 cm³/mol. The largest absolute Gasteiger partial charge is 0.423 e. The summed E-state index contributed by atoms with van der Waals surface area (Å²) < 4.78 is 69.2. The lowest BCUT2D eigenvalue weighted by atomic mass is 10.2. The molecule has 2 nitrogen and oxygen atoms in total. The summed E-state index contributed by atoms with van der Waals surface area (Å²) in [6.07, 6.45) is -5.70. The highest BCUT2D eigenvalue weighted by Gasteiger charge is 2.69. The van der Waals surface area contributed by atoms with Gasteiger partial charge in [-0.2, -0.15) is 26.3 Å². The van der Waals surface area contributed by atoms with Crippen molar-refractivity contribution in [1.29, 1.82) is 0 Å². The Morgan fingerprint density at radius 2 is 1.20 bits per heavy atom. The fraction of sp³-hybridized carbons (Fsp3) is 0.857. The highest BCUT2D eigenvalue weighted by Crippen LogP contribution is 2.43. The van der Waals surface area contributed by atoms with Gasteiger partial charge in [0.05, 0.1) is 0 Å². The van der Waals surface area contributed by atoms with E-state index < -0.39 is 24.9 Å². The van der Waals surface area contributed by atoms with Crippen molar-refractivity contribution in [2.24, 2.45) is 0 Å². The fourth-order valence-electron chi connectivity index (χ4n) is 0.264. The lowest BCUT2D eigenvalue weighted by Crippen LogP contribution is -2.52. The monoisotopic (exact) mass is 240 g/mol. The van der Waals surface area contributed by atoms with Crippen molar-refractivity contribution >= 4 is 5.78 Å². The van der Waals surface area contributed by atoms with Crippen LogP contribution in [0.4, 0.5) is 26.3 Å². The van der Waals surface area contributed by atoms with E-state index in [4.69, 9.17) is 5.11 Å². The molecule has 0 rings (SSSR count). The molecule has 15 heavy (non-hydrogen) atoms. The number of carbonyl (C=O) groups excluding carboxylic acids is 1. The first-order chi connectivity index (χ1) is 6.23. The third-order valence-electron chi connectivity index (χ3n) is 0.929. The van der Waals surface area contributed by atoms with Gasteiger partial charge in [-0.05, 0) is 13.8 Å². The average Bonchev–Trinajstić information content (AvgIpc) is 1.79. The van der Waals surface area contributed by atoms with Gasteiger partial charge in [0.15, 0.2) is 0 Å². The summed E-state index contributed by atoms with van der Waals surface area (Å²) in [6, 6.07) is 0. The van der Waals surface area contributed by atoms with Crippen LogP contribution in [-0.4, -0.2) is 28.8 Å². The third kappa shape index (κ3) is 5.60. The molecule has 0 atom stereocenters. The number of hydrogen-bond donors (Lipinski definition) is 1. The fourth-order valence-corrected chi connectivity index (χ4v) is 0.264. The molecular weight excluding hydrogens is 230 g/mol. The van der Waals surface area contributed by atoms with Crippen molar-refractivity contribution in [3.8, 4) is 0 Å². The molecule has 0 aromatic carbocycles. The van der Waals surface area contributed by atoms with Crippen LogP contribution in [0.1, 0.15) is 20.8 Å². The Morgan fingerprint density at radius 3 is 1.20 bits per heavy atom. The Balaban J connectivity index is 0. The van der Waals surface area contributed by atoms with E-state index in [1.54, 1.807) is 0 Å². The van der Waals surface area contributed by atoms with Gasteiger partial charge in [0, 0.05) is 6.92 Å². The number of Topliss-reactive ketones (excluding diaryl/α,β-unsaturated/α-hetero) is 1. The van der Waals surface area contributed by atoms with Crippen molar-refractivity contribution in [2.45, 2.75) is 38.7 Å². The molecule has 1 N–H and O–H groups in total. The summed E-state index contributed by atoms with van der Waals surface area (Å²) in [4.78, 5) is 9.44. The molecule has 0 bridgehead atoms. The van der Waals surface area contributed by atoms with Crippen LogP contribution >= 0.6 is 0 Å². The minimum atomic E-state index is -5.74. The number of rotatable bonds is 2. The molecule has 0 fully saturated rings. The Kier molecular flexibility index (Phi) is 5.35. The quantitative estimate of drug-likeness (QED) is 0.753. The zero-order chi connectivity index (χ0) is 13.1. The molecule has 0 aliphatic heterocycles. The van der Waals surface area contributed by atoms with E-state index in [0.717, 1.165) is 0 Å². The molecular formula is C7H10F6O2. The van der Waals surface area contributed by atoms with Gasteiger partial charge in [0.25, 0.3) is 0 Å². The standard InChI is InChI=1S/C4H4F6O.C3H6O/c1-2(5,6)3(7,8)4(9,10)11;1-3(2)4/h11H,1H3;1-2H3. The minimum absolute atomic E-state index is 0.167. The number of halogens is 6. The van der Waals surface area contributed by atoms with E-state index >= 15 is 0 Å². The molecule has 0 unspecified atom stereocenters. The van der Waals surface area contributed by atoms with Crippen molar-refractivity contribution < 1.29 is 36.2 Å². The van der Waals surface area contributed by atoms with Crippen molar-refractivity contribution in [2.75, 3.05) is 0 Å². The van der Waals surface area contributed by atoms with Crippen molar-refractivity contribution in [3.05, 3.63) is 0 Å². The van der Waals surface area contributed by atoms with Gasteiger partial charge >= 0.3 is 18.0 Å². The first-order valence-corrected chi connectivity index (χ1v) is 3.56. The maximum atomic E-state index is 11.7. The summed E-state index contributed by atoms with van der Waals surface area (Å²) in [5.41, 5.74) is 0. The molecule has 0 aromatic rings. The summed E-state index contributed by atoms with van der Waals surface area (Å²) in [7, 11) is 0. The zero-order valence-corrected chi connectivity index (χ0v) is 8.12. The van der Waals surface area contributed by atoms with Crippen LogP contribution in [0.5, 0.6) is 0 Å². The summed E-state index contributed by atoms with van der Waals surface area (Å²) in [5, 5.41) is 7.32. The second kappa shape index (κ2) is 4.82. The van der Waals surface area contributed by atoms with Gasteiger partial charge in [0.1, 0.15) is 5.78 Å². The van der Waals surface area contributed by atoms with E-state index in [9.17, 15) is 31.1 Å². The van der Waals surface area contributed by atoms with Crippen LogP contribution in [0, 0.1) is 0 Å². The molecule has 0 aliphatic rings. The SMILES string of the molecule is CC(C)=O.CC(F)(F)C(F)(F)C(O)(F)F. The molecule has 92 valence electrons. The normalized spacial score (nSPS) is 12.9. The molecule has 0 saturated heterocycles. The Bertz CT molecular complexity index is 195. The maximum Gasteiger partial charge on any atom is 0.423 e. The van der Waals surface area contributed by atoms with Crippen molar-refractivity contribution in [3.63, 3.8) is 0 Å². The lowest BCUT2D eigenvalue weighted by Gasteiger charge is -2.26. The van der Waals surface area contributed by atoms with Gasteiger partial charge < -0.3 is 9.90 Å². The summed E-state index contributed by atoms with van der Waals surface area (Å²) >= 11 is 0. The topological polar surface area (TPSA) is 37.3 Å². The van der Waals surface area contributed by atoms with Gasteiger partial charge in [-0.15, -0.1) is 0 Å². The second-order valence-electron chi connectivity index (χ2n) is 2.91. The third-order valence-corrected chi connectivity index (χ3v) is 0.929. The number of hydrogen-bond acceptors (Lipinski definition) is 2. The average molecular weight is 240 g/mol. The van der Waals surface area contributed by atoms with Crippen LogP contribution in [0.3, 0.4) is 0 Å². The second-order valence-corrected chi connectivity index (χ2v) is 2.91. The summed E-state index contributed by atoms with van der Waals surface area (Å²) in [6.45, 7) is 2.65. The van der Waals surface area contributed by atoms with Crippen molar-refractivity contribution in [1.82, 2.24) is 0 Å². The van der Waals surface area contributed by atoms with E-state index in [1.165, 1.54) is 13.8 Å². The van der Waals surface area contributed by atoms with Gasteiger partial charge in [0.2, 0.25) is 0 Å². The molecule has 0 amide bonds. The highest BCUT2D eigenvalue weighted by atomic mass is 19.3. The van der Waals surface area contributed by atoms with E-state index in [1.807, 2.05) is 0 Å². The highest BCUT2D eigenvalue weighted by molar-refractivity contribution is 5.72. The Hall–Kier alpha value is -0.790. The maximum absolute atomic E-state index is 11.7. The molecule has 0 saturated carbocycles. The summed E-state index contributed by atoms with van der Waals surface area (Å²) in [5.74, 6) is -10.5. The molecule has 0 spiro atoms. The number of ketones is 1. The van der Waals surface area contributed by atoms with E-state index in [-0.39, 0.29) is 5.78 Å². The van der Waals surface area contributed by atoms with Gasteiger partial charge in [-0.1, -0.05) is 0 Å². The predicted octanol–water partition coefficient (Wildman–Crippen LogP) is 2.46. The zero-order valence-electron chi connectivity index (χ0n) is 8.12. The first kappa shape index (κ1) is 16.6. The van der Waals surface area contributed by atoms with Crippen LogP contribution in [-0.2, 0) is 4.79 Å². The minimum Gasteiger partial charge on any atom is -0.331 e. The number of carbonyl (C=O) groups is 1. The van der Waals surface area contributed by atoms with Crippen LogP contribution in [0.2, 0.25) is 0 Å². The van der Waals surface area contributed by atoms with Crippen LogP contribution < -0.4 is 0 Å². The smallest absolute Gasteiger partial charge is 0.331 e.